The van der Waals surface area contributed by atoms with Crippen LogP contribution < -0.4 is 10.6 Å². The smallest absolute Gasteiger partial charge is 0.328 e. The normalized spacial score (nSPS) is 11.4. The lowest BCUT2D eigenvalue weighted by atomic mass is 10.1. The monoisotopic (exact) mass is 376 g/mol. The molecule has 2 amide bonds. The summed E-state index contributed by atoms with van der Waals surface area (Å²) in [4.78, 5) is 35.7. The van der Waals surface area contributed by atoms with E-state index in [9.17, 15) is 23.2 Å². The number of halogens is 2. The van der Waals surface area contributed by atoms with Crippen LogP contribution in [0.3, 0.4) is 0 Å². The average Bonchev–Trinajstić information content (AvgIpc) is 2.62. The van der Waals surface area contributed by atoms with Gasteiger partial charge in [-0.15, -0.1) is 0 Å². The highest BCUT2D eigenvalue weighted by atomic mass is 19.1. The van der Waals surface area contributed by atoms with Crippen LogP contribution >= 0.6 is 0 Å². The third-order valence-electron chi connectivity index (χ3n) is 3.55. The molecule has 142 valence electrons. The Morgan fingerprint density at radius 2 is 1.70 bits per heavy atom. The molecule has 0 spiro atoms. The second-order valence-electron chi connectivity index (χ2n) is 5.82. The maximum atomic E-state index is 13.5. The number of anilines is 1. The number of ether oxygens (including phenoxy) is 1. The summed E-state index contributed by atoms with van der Waals surface area (Å²) in [7, 11) is 0. The van der Waals surface area contributed by atoms with Crippen LogP contribution in [0.5, 0.6) is 0 Å². The van der Waals surface area contributed by atoms with Crippen LogP contribution in [-0.4, -0.2) is 30.4 Å². The fraction of sp³-hybridized carbons (Fsp3) is 0.211. The van der Waals surface area contributed by atoms with Crippen molar-refractivity contribution in [1.29, 1.82) is 0 Å². The van der Waals surface area contributed by atoms with E-state index in [0.29, 0.717) is 5.56 Å². The molecule has 0 saturated heterocycles. The minimum Gasteiger partial charge on any atom is -0.454 e. The second kappa shape index (κ2) is 8.88. The molecule has 0 radical (unpaired) electrons. The summed E-state index contributed by atoms with van der Waals surface area (Å²) in [5, 5.41) is 4.44. The van der Waals surface area contributed by atoms with Crippen LogP contribution in [0.4, 0.5) is 14.5 Å². The molecule has 0 bridgehead atoms. The van der Waals surface area contributed by atoms with Gasteiger partial charge in [-0.1, -0.05) is 23.8 Å². The zero-order valence-corrected chi connectivity index (χ0v) is 14.7. The molecule has 27 heavy (non-hydrogen) atoms. The maximum absolute atomic E-state index is 13.5. The molecule has 0 saturated carbocycles. The quantitative estimate of drug-likeness (QED) is 0.759. The fourth-order valence-corrected chi connectivity index (χ4v) is 2.18. The van der Waals surface area contributed by atoms with Crippen molar-refractivity contribution in [1.82, 2.24) is 5.32 Å². The Labute approximate surface area is 154 Å². The van der Waals surface area contributed by atoms with Gasteiger partial charge in [0, 0.05) is 5.56 Å². The third kappa shape index (κ3) is 5.60. The van der Waals surface area contributed by atoms with Crippen molar-refractivity contribution < 1.29 is 27.9 Å². The zero-order chi connectivity index (χ0) is 20.0. The van der Waals surface area contributed by atoms with Crippen LogP contribution in [0.15, 0.2) is 42.5 Å². The minimum atomic E-state index is -1.02. The van der Waals surface area contributed by atoms with Gasteiger partial charge in [0.05, 0.1) is 0 Å². The van der Waals surface area contributed by atoms with Crippen molar-refractivity contribution in [3.63, 3.8) is 0 Å². The van der Waals surface area contributed by atoms with Gasteiger partial charge in [0.25, 0.3) is 11.8 Å². The number of hydrogen-bond donors (Lipinski definition) is 2. The van der Waals surface area contributed by atoms with Crippen molar-refractivity contribution in [3.05, 3.63) is 65.2 Å². The number of hydrogen-bond acceptors (Lipinski definition) is 4. The molecule has 0 fully saturated rings. The van der Waals surface area contributed by atoms with Gasteiger partial charge in [-0.3, -0.25) is 9.59 Å². The van der Waals surface area contributed by atoms with E-state index in [2.05, 4.69) is 5.32 Å². The molecular weight excluding hydrogens is 358 g/mol. The van der Waals surface area contributed by atoms with Gasteiger partial charge in [-0.25, -0.2) is 13.6 Å². The molecular formula is C19H18F2N2O4. The number of nitrogens with one attached hydrogen (secondary N) is 2. The van der Waals surface area contributed by atoms with E-state index in [0.717, 1.165) is 23.8 Å². The second-order valence-corrected chi connectivity index (χ2v) is 5.82. The van der Waals surface area contributed by atoms with Crippen LogP contribution in [0, 0.1) is 18.6 Å². The van der Waals surface area contributed by atoms with E-state index in [1.807, 2.05) is 18.3 Å². The minimum absolute atomic E-state index is 0.377. The fourth-order valence-electron chi connectivity index (χ4n) is 2.18. The predicted molar refractivity (Wildman–Crippen MR) is 94.1 cm³/mol. The van der Waals surface area contributed by atoms with E-state index in [1.165, 1.54) is 6.92 Å². The van der Waals surface area contributed by atoms with Gasteiger partial charge in [-0.2, -0.15) is 0 Å². The van der Waals surface area contributed by atoms with Gasteiger partial charge in [0.15, 0.2) is 6.61 Å². The molecule has 0 unspecified atom stereocenters. The predicted octanol–water partition coefficient (Wildman–Crippen LogP) is 2.57. The molecule has 0 aromatic heterocycles. The van der Waals surface area contributed by atoms with Crippen molar-refractivity contribution in [2.45, 2.75) is 19.9 Å². The van der Waals surface area contributed by atoms with E-state index in [4.69, 9.17) is 4.74 Å². The largest absolute Gasteiger partial charge is 0.454 e. The molecule has 6 nitrogen and oxygen atoms in total. The SMILES string of the molecule is Cc1cccc(C(=O)N[C@@H](C)C(=O)OCC(=O)Nc2c(F)cccc2F)c1. The summed E-state index contributed by atoms with van der Waals surface area (Å²) in [5.41, 5.74) is 0.636. The summed E-state index contributed by atoms with van der Waals surface area (Å²) >= 11 is 0. The Balaban J connectivity index is 1.85. The first-order chi connectivity index (χ1) is 12.8. The lowest BCUT2D eigenvalue weighted by molar-refractivity contribution is -0.148. The third-order valence-corrected chi connectivity index (χ3v) is 3.55. The summed E-state index contributed by atoms with van der Waals surface area (Å²) < 4.78 is 31.7. The number of amides is 2. The maximum Gasteiger partial charge on any atom is 0.328 e. The van der Waals surface area contributed by atoms with Crippen molar-refractivity contribution >= 4 is 23.5 Å². The van der Waals surface area contributed by atoms with Crippen LogP contribution in [-0.2, 0) is 14.3 Å². The highest BCUT2D eigenvalue weighted by molar-refractivity contribution is 5.97. The van der Waals surface area contributed by atoms with E-state index < -0.39 is 47.8 Å². The molecule has 2 aromatic rings. The van der Waals surface area contributed by atoms with Crippen LogP contribution in [0.2, 0.25) is 0 Å². The first kappa shape index (κ1) is 20.0. The topological polar surface area (TPSA) is 84.5 Å². The number of carbonyl (C=O) groups excluding carboxylic acids is 3. The molecule has 0 aliphatic rings. The Kier molecular flexibility index (Phi) is 6.59. The van der Waals surface area contributed by atoms with Crippen molar-refractivity contribution in [2.24, 2.45) is 0 Å². The number of carbonyl (C=O) groups is 3. The number of benzene rings is 2. The lowest BCUT2D eigenvalue weighted by Gasteiger charge is -2.14. The Morgan fingerprint density at radius 3 is 2.33 bits per heavy atom. The average molecular weight is 376 g/mol. The van der Waals surface area contributed by atoms with E-state index >= 15 is 0 Å². The van der Waals surface area contributed by atoms with E-state index in [1.54, 1.807) is 18.2 Å². The number of rotatable bonds is 6. The summed E-state index contributed by atoms with van der Waals surface area (Å²) in [6.45, 7) is 2.47. The molecule has 2 aromatic carbocycles. The zero-order valence-electron chi connectivity index (χ0n) is 14.7. The van der Waals surface area contributed by atoms with Gasteiger partial charge >= 0.3 is 5.97 Å². The van der Waals surface area contributed by atoms with Gasteiger partial charge < -0.3 is 15.4 Å². The van der Waals surface area contributed by atoms with Gasteiger partial charge in [0.2, 0.25) is 0 Å². The number of esters is 1. The Hall–Kier alpha value is -3.29. The Bertz CT molecular complexity index is 850. The van der Waals surface area contributed by atoms with Gasteiger partial charge in [-0.05, 0) is 38.1 Å². The highest BCUT2D eigenvalue weighted by Gasteiger charge is 2.20. The lowest BCUT2D eigenvalue weighted by Crippen LogP contribution is -2.40. The summed E-state index contributed by atoms with van der Waals surface area (Å²) in [6.07, 6.45) is 0. The molecule has 0 aliphatic heterocycles. The molecule has 2 N–H and O–H groups in total. The molecule has 0 heterocycles. The van der Waals surface area contributed by atoms with Crippen LogP contribution in [0.25, 0.3) is 0 Å². The van der Waals surface area contributed by atoms with E-state index in [-0.39, 0.29) is 0 Å². The highest BCUT2D eigenvalue weighted by Crippen LogP contribution is 2.17. The molecule has 0 aliphatic carbocycles. The number of aryl methyl sites for hydroxylation is 1. The molecule has 8 heteroatoms. The molecule has 1 atom stereocenters. The first-order valence-corrected chi connectivity index (χ1v) is 8.06. The van der Waals surface area contributed by atoms with Crippen LogP contribution in [0.1, 0.15) is 22.8 Å². The summed E-state index contributed by atoms with van der Waals surface area (Å²) in [5.74, 6) is -4.15. The van der Waals surface area contributed by atoms with Crippen molar-refractivity contribution in [3.8, 4) is 0 Å². The number of para-hydroxylation sites is 1. The Morgan fingerprint density at radius 1 is 1.07 bits per heavy atom. The standard InChI is InChI=1S/C19H18F2N2O4/c1-11-5-3-6-13(9-11)18(25)22-12(2)19(26)27-10-16(24)23-17-14(20)7-4-8-15(17)21/h3-9,12H,10H2,1-2H3,(H,22,25)(H,23,24)/t12-/m0/s1. The van der Waals surface area contributed by atoms with Gasteiger partial charge in [0.1, 0.15) is 23.4 Å². The first-order valence-electron chi connectivity index (χ1n) is 8.06. The van der Waals surface area contributed by atoms with Crippen molar-refractivity contribution in [2.75, 3.05) is 11.9 Å². The molecule has 2 rings (SSSR count). The summed E-state index contributed by atoms with van der Waals surface area (Å²) in [6, 6.07) is 8.88.